The summed E-state index contributed by atoms with van der Waals surface area (Å²) in [6.07, 6.45) is 2.55. The van der Waals surface area contributed by atoms with Gasteiger partial charge in [0.25, 0.3) is 0 Å². The standard InChI is InChI=1S/C11H6Cl2N2/c12-7-1-2-8-6(3-7)4-10-9(8)5-14-11(13)15-10/h1-3,5H,4H2. The summed E-state index contributed by atoms with van der Waals surface area (Å²) in [5.74, 6) is 0. The minimum absolute atomic E-state index is 0.299. The second-order valence-corrected chi connectivity index (χ2v) is 4.25. The van der Waals surface area contributed by atoms with Crippen molar-refractivity contribution in [2.24, 2.45) is 0 Å². The van der Waals surface area contributed by atoms with Gasteiger partial charge in [0.15, 0.2) is 0 Å². The Bertz CT molecular complexity index is 503. The third-order valence-electron chi connectivity index (χ3n) is 2.55. The highest BCUT2D eigenvalue weighted by atomic mass is 35.5. The molecule has 0 spiro atoms. The lowest BCUT2D eigenvalue weighted by Gasteiger charge is -1.99. The van der Waals surface area contributed by atoms with Gasteiger partial charge in [-0.05, 0) is 34.9 Å². The van der Waals surface area contributed by atoms with E-state index < -0.39 is 0 Å². The van der Waals surface area contributed by atoms with E-state index in [2.05, 4.69) is 9.97 Å². The fourth-order valence-electron chi connectivity index (χ4n) is 1.90. The molecule has 1 aromatic heterocycles. The fraction of sp³-hybridized carbons (Fsp3) is 0.0909. The molecule has 3 rings (SSSR count). The number of hydrogen-bond donors (Lipinski definition) is 0. The van der Waals surface area contributed by atoms with Crippen molar-refractivity contribution in [2.75, 3.05) is 0 Å². The van der Waals surface area contributed by atoms with Gasteiger partial charge in [-0.15, -0.1) is 0 Å². The van der Waals surface area contributed by atoms with E-state index in [1.54, 1.807) is 6.20 Å². The molecule has 2 nitrogen and oxygen atoms in total. The maximum absolute atomic E-state index is 5.94. The van der Waals surface area contributed by atoms with Crippen LogP contribution in [0.15, 0.2) is 24.4 Å². The van der Waals surface area contributed by atoms with Gasteiger partial charge in [0.2, 0.25) is 5.28 Å². The summed E-state index contributed by atoms with van der Waals surface area (Å²) in [4.78, 5) is 8.20. The molecule has 15 heavy (non-hydrogen) atoms. The predicted molar refractivity (Wildman–Crippen MR) is 60.3 cm³/mol. The Hall–Kier alpha value is -1.12. The van der Waals surface area contributed by atoms with Crippen LogP contribution in [-0.4, -0.2) is 9.97 Å². The third-order valence-corrected chi connectivity index (χ3v) is 2.97. The van der Waals surface area contributed by atoms with Crippen molar-refractivity contribution in [3.8, 4) is 11.1 Å². The Morgan fingerprint density at radius 3 is 2.87 bits per heavy atom. The molecule has 0 aliphatic heterocycles. The first-order valence-electron chi connectivity index (χ1n) is 4.54. The molecular weight excluding hydrogens is 231 g/mol. The molecule has 1 aliphatic carbocycles. The molecular formula is C11H6Cl2N2. The van der Waals surface area contributed by atoms with E-state index in [1.807, 2.05) is 18.2 Å². The first kappa shape index (κ1) is 9.13. The first-order valence-corrected chi connectivity index (χ1v) is 5.30. The Kier molecular flexibility index (Phi) is 1.94. The van der Waals surface area contributed by atoms with Crippen LogP contribution in [0.25, 0.3) is 11.1 Å². The largest absolute Gasteiger partial charge is 0.226 e. The molecule has 0 amide bonds. The van der Waals surface area contributed by atoms with Crippen molar-refractivity contribution < 1.29 is 0 Å². The number of halogens is 2. The molecule has 0 unspecified atom stereocenters. The van der Waals surface area contributed by atoms with E-state index in [0.717, 1.165) is 28.3 Å². The van der Waals surface area contributed by atoms with Gasteiger partial charge in [-0.3, -0.25) is 0 Å². The zero-order valence-corrected chi connectivity index (χ0v) is 9.18. The van der Waals surface area contributed by atoms with E-state index in [-0.39, 0.29) is 0 Å². The molecule has 0 bridgehead atoms. The van der Waals surface area contributed by atoms with Gasteiger partial charge in [-0.25, -0.2) is 9.97 Å². The number of hydrogen-bond acceptors (Lipinski definition) is 2. The number of nitrogens with zero attached hydrogens (tertiary/aromatic N) is 2. The second kappa shape index (κ2) is 3.19. The van der Waals surface area contributed by atoms with Gasteiger partial charge in [0, 0.05) is 23.2 Å². The summed E-state index contributed by atoms with van der Waals surface area (Å²) in [6, 6.07) is 5.84. The highest BCUT2D eigenvalue weighted by Crippen LogP contribution is 2.36. The molecule has 0 saturated carbocycles. The lowest BCUT2D eigenvalue weighted by molar-refractivity contribution is 1.07. The molecule has 0 fully saturated rings. The lowest BCUT2D eigenvalue weighted by atomic mass is 10.1. The Balaban J connectivity index is 2.24. The normalized spacial score (nSPS) is 12.4. The van der Waals surface area contributed by atoms with Gasteiger partial charge in [0.1, 0.15) is 0 Å². The van der Waals surface area contributed by atoms with E-state index >= 15 is 0 Å². The topological polar surface area (TPSA) is 25.8 Å². The number of benzene rings is 1. The van der Waals surface area contributed by atoms with E-state index in [0.29, 0.717) is 5.28 Å². The quantitative estimate of drug-likeness (QED) is 0.560. The van der Waals surface area contributed by atoms with E-state index in [4.69, 9.17) is 23.2 Å². The third kappa shape index (κ3) is 1.41. The van der Waals surface area contributed by atoms with Gasteiger partial charge >= 0.3 is 0 Å². The van der Waals surface area contributed by atoms with Crippen LogP contribution in [0.4, 0.5) is 0 Å². The smallest absolute Gasteiger partial charge is 0.222 e. The number of aromatic nitrogens is 2. The van der Waals surface area contributed by atoms with Crippen LogP contribution >= 0.6 is 23.2 Å². The van der Waals surface area contributed by atoms with Gasteiger partial charge in [-0.1, -0.05) is 17.7 Å². The monoisotopic (exact) mass is 236 g/mol. The summed E-state index contributed by atoms with van der Waals surface area (Å²) in [5, 5.41) is 1.05. The summed E-state index contributed by atoms with van der Waals surface area (Å²) in [5.41, 5.74) is 4.39. The lowest BCUT2D eigenvalue weighted by Crippen LogP contribution is -1.89. The van der Waals surface area contributed by atoms with Crippen molar-refractivity contribution in [3.63, 3.8) is 0 Å². The van der Waals surface area contributed by atoms with Crippen molar-refractivity contribution in [1.82, 2.24) is 9.97 Å². The van der Waals surface area contributed by atoms with Crippen LogP contribution in [0.1, 0.15) is 11.3 Å². The second-order valence-electron chi connectivity index (χ2n) is 3.48. The van der Waals surface area contributed by atoms with Gasteiger partial charge in [-0.2, -0.15) is 0 Å². The number of fused-ring (bicyclic) bond motifs is 3. The van der Waals surface area contributed by atoms with Crippen LogP contribution in [0.2, 0.25) is 10.3 Å². The van der Waals surface area contributed by atoms with Crippen LogP contribution in [0.5, 0.6) is 0 Å². The van der Waals surface area contributed by atoms with Crippen LogP contribution < -0.4 is 0 Å². The molecule has 0 radical (unpaired) electrons. The van der Waals surface area contributed by atoms with Crippen LogP contribution in [0, 0.1) is 0 Å². The average Bonchev–Trinajstić information content (AvgIpc) is 2.53. The number of rotatable bonds is 0. The van der Waals surface area contributed by atoms with Crippen LogP contribution in [-0.2, 0) is 6.42 Å². The zero-order valence-electron chi connectivity index (χ0n) is 7.67. The molecule has 0 atom stereocenters. The van der Waals surface area contributed by atoms with Crippen molar-refractivity contribution >= 4 is 23.2 Å². The highest BCUT2D eigenvalue weighted by Gasteiger charge is 2.20. The Morgan fingerprint density at radius 2 is 2.00 bits per heavy atom. The van der Waals surface area contributed by atoms with Crippen molar-refractivity contribution in [2.45, 2.75) is 6.42 Å². The maximum Gasteiger partial charge on any atom is 0.222 e. The molecule has 2 aromatic rings. The minimum atomic E-state index is 0.299. The van der Waals surface area contributed by atoms with E-state index in [9.17, 15) is 0 Å². The van der Waals surface area contributed by atoms with Gasteiger partial charge in [0.05, 0.1) is 5.69 Å². The summed E-state index contributed by atoms with van der Waals surface area (Å²) in [7, 11) is 0. The average molecular weight is 237 g/mol. The Morgan fingerprint density at radius 1 is 1.13 bits per heavy atom. The SMILES string of the molecule is Clc1ccc2c(c1)Cc1nc(Cl)ncc1-2. The molecule has 1 aliphatic rings. The summed E-state index contributed by atoms with van der Waals surface area (Å²) < 4.78 is 0. The molecule has 4 heteroatoms. The van der Waals surface area contributed by atoms with Crippen molar-refractivity contribution in [3.05, 3.63) is 46.0 Å². The maximum atomic E-state index is 5.94. The summed E-state index contributed by atoms with van der Waals surface area (Å²) >= 11 is 11.7. The minimum Gasteiger partial charge on any atom is -0.226 e. The van der Waals surface area contributed by atoms with Crippen molar-refractivity contribution in [1.29, 1.82) is 0 Å². The molecule has 1 heterocycles. The summed E-state index contributed by atoms with van der Waals surface area (Å²) in [6.45, 7) is 0. The fourth-order valence-corrected chi connectivity index (χ4v) is 2.25. The van der Waals surface area contributed by atoms with Gasteiger partial charge < -0.3 is 0 Å². The molecule has 1 aromatic carbocycles. The van der Waals surface area contributed by atoms with E-state index in [1.165, 1.54) is 5.56 Å². The predicted octanol–water partition coefficient (Wildman–Crippen LogP) is 3.35. The molecule has 0 N–H and O–H groups in total. The molecule has 0 saturated heterocycles. The Labute approximate surface area is 96.9 Å². The van der Waals surface area contributed by atoms with Crippen LogP contribution in [0.3, 0.4) is 0 Å². The zero-order chi connectivity index (χ0) is 10.4. The highest BCUT2D eigenvalue weighted by molar-refractivity contribution is 6.30. The first-order chi connectivity index (χ1) is 7.24. The molecule has 74 valence electrons.